The topological polar surface area (TPSA) is 52.8 Å². The zero-order valence-corrected chi connectivity index (χ0v) is 15.4. The van der Waals surface area contributed by atoms with Crippen LogP contribution in [0.25, 0.3) is 33.2 Å². The number of benzene rings is 1. The average molecular weight is 358 g/mol. The monoisotopic (exact) mass is 358 g/mol. The molecule has 1 aromatic carbocycles. The summed E-state index contributed by atoms with van der Waals surface area (Å²) < 4.78 is 7.27. The van der Waals surface area contributed by atoms with Crippen LogP contribution in [0.4, 0.5) is 0 Å². The molecule has 4 heterocycles. The van der Waals surface area contributed by atoms with Gasteiger partial charge in [0.2, 0.25) is 0 Å². The second-order valence-corrected chi connectivity index (χ2v) is 7.42. The molecule has 0 aliphatic carbocycles. The molecule has 4 aromatic rings. The lowest BCUT2D eigenvalue weighted by atomic mass is 9.92. The number of aromatic nitrogens is 4. The molecule has 27 heavy (non-hydrogen) atoms. The van der Waals surface area contributed by atoms with Gasteiger partial charge in [-0.2, -0.15) is 5.10 Å². The van der Waals surface area contributed by atoms with Gasteiger partial charge in [-0.05, 0) is 48.9 Å². The first-order valence-electron chi connectivity index (χ1n) is 9.52. The molecule has 1 aliphatic rings. The van der Waals surface area contributed by atoms with E-state index in [-0.39, 0.29) is 0 Å². The van der Waals surface area contributed by atoms with Crippen LogP contribution in [-0.2, 0) is 18.2 Å². The minimum atomic E-state index is 0.719. The summed E-state index contributed by atoms with van der Waals surface area (Å²) in [6.45, 7) is 1.79. The Morgan fingerprint density at radius 2 is 1.93 bits per heavy atom. The van der Waals surface area contributed by atoms with Crippen molar-refractivity contribution in [1.29, 1.82) is 0 Å². The van der Waals surface area contributed by atoms with Crippen LogP contribution in [0.3, 0.4) is 0 Å². The number of hydrogen-bond acceptors (Lipinski definition) is 4. The molecule has 0 radical (unpaired) electrons. The van der Waals surface area contributed by atoms with Crippen LogP contribution in [0.15, 0.2) is 48.8 Å². The summed E-state index contributed by atoms with van der Waals surface area (Å²) in [4.78, 5) is 9.39. The first kappa shape index (κ1) is 16.4. The standard InChI is InChI=1S/C22H22N4O/c1-26-14-19-12-18(13-23-22(19)25-26)20-5-4-17-3-2-16(11-21(17)24-20)10-15-6-8-27-9-7-15/h2-5,11-15H,6-10H2,1H3. The molecular formula is C22H22N4O. The molecule has 0 N–H and O–H groups in total. The number of pyridine rings is 2. The highest BCUT2D eigenvalue weighted by Gasteiger charge is 2.14. The summed E-state index contributed by atoms with van der Waals surface area (Å²) in [6, 6.07) is 13.0. The Balaban J connectivity index is 1.48. The Morgan fingerprint density at radius 3 is 2.81 bits per heavy atom. The largest absolute Gasteiger partial charge is 0.381 e. The molecule has 136 valence electrons. The fourth-order valence-corrected chi connectivity index (χ4v) is 3.91. The number of hydrogen-bond donors (Lipinski definition) is 0. The van der Waals surface area contributed by atoms with Gasteiger partial charge >= 0.3 is 0 Å². The van der Waals surface area contributed by atoms with E-state index < -0.39 is 0 Å². The molecule has 1 fully saturated rings. The van der Waals surface area contributed by atoms with Crippen LogP contribution in [0.5, 0.6) is 0 Å². The van der Waals surface area contributed by atoms with Gasteiger partial charge in [0, 0.05) is 49.0 Å². The van der Waals surface area contributed by atoms with Crippen molar-refractivity contribution < 1.29 is 4.74 Å². The first-order chi connectivity index (χ1) is 13.2. The third kappa shape index (κ3) is 3.30. The molecule has 0 saturated carbocycles. The Hall–Kier alpha value is -2.79. The van der Waals surface area contributed by atoms with E-state index in [9.17, 15) is 0 Å². The molecule has 1 saturated heterocycles. The van der Waals surface area contributed by atoms with Crippen molar-refractivity contribution >= 4 is 21.9 Å². The molecule has 0 bridgehead atoms. The van der Waals surface area contributed by atoms with Gasteiger partial charge in [0.15, 0.2) is 5.65 Å². The van der Waals surface area contributed by atoms with Crippen molar-refractivity contribution in [3.63, 3.8) is 0 Å². The highest BCUT2D eigenvalue weighted by Crippen LogP contribution is 2.26. The molecule has 0 amide bonds. The Morgan fingerprint density at radius 1 is 1.07 bits per heavy atom. The smallest absolute Gasteiger partial charge is 0.181 e. The number of fused-ring (bicyclic) bond motifs is 2. The van der Waals surface area contributed by atoms with Crippen molar-refractivity contribution in [3.8, 4) is 11.3 Å². The zero-order chi connectivity index (χ0) is 18.2. The summed E-state index contributed by atoms with van der Waals surface area (Å²) in [5.74, 6) is 0.719. The van der Waals surface area contributed by atoms with E-state index in [1.54, 1.807) is 4.68 Å². The molecule has 1 aliphatic heterocycles. The predicted octanol–water partition coefficient (Wildman–Crippen LogP) is 4.15. The van der Waals surface area contributed by atoms with Crippen molar-refractivity contribution in [3.05, 3.63) is 54.4 Å². The molecule has 5 nitrogen and oxygen atoms in total. The van der Waals surface area contributed by atoms with Crippen LogP contribution in [0, 0.1) is 5.92 Å². The van der Waals surface area contributed by atoms with Crippen LogP contribution < -0.4 is 0 Å². The molecule has 5 rings (SSSR count). The van der Waals surface area contributed by atoms with Crippen LogP contribution in [0.2, 0.25) is 0 Å². The van der Waals surface area contributed by atoms with Gasteiger partial charge in [0.25, 0.3) is 0 Å². The second kappa shape index (κ2) is 6.74. The fourth-order valence-electron chi connectivity index (χ4n) is 3.91. The quantitative estimate of drug-likeness (QED) is 0.552. The summed E-state index contributed by atoms with van der Waals surface area (Å²) in [7, 11) is 1.91. The summed E-state index contributed by atoms with van der Waals surface area (Å²) >= 11 is 0. The van der Waals surface area contributed by atoms with E-state index in [0.29, 0.717) is 0 Å². The maximum absolute atomic E-state index is 5.48. The summed E-state index contributed by atoms with van der Waals surface area (Å²) in [6.07, 6.45) is 7.26. The van der Waals surface area contributed by atoms with Gasteiger partial charge in [-0.15, -0.1) is 0 Å². The SMILES string of the molecule is Cn1cc2cc(-c3ccc4ccc(CC5CCOCC5)cc4n3)cnc2n1. The normalized spacial score (nSPS) is 15.6. The minimum Gasteiger partial charge on any atom is -0.381 e. The van der Waals surface area contributed by atoms with Gasteiger partial charge in [-0.25, -0.2) is 9.97 Å². The van der Waals surface area contributed by atoms with E-state index >= 15 is 0 Å². The van der Waals surface area contributed by atoms with Gasteiger partial charge in [-0.1, -0.05) is 18.2 Å². The lowest BCUT2D eigenvalue weighted by Gasteiger charge is -2.22. The van der Waals surface area contributed by atoms with Gasteiger partial charge in [0.1, 0.15) is 0 Å². The van der Waals surface area contributed by atoms with E-state index in [0.717, 1.165) is 66.2 Å². The van der Waals surface area contributed by atoms with E-state index in [2.05, 4.69) is 46.5 Å². The van der Waals surface area contributed by atoms with Crippen molar-refractivity contribution in [2.45, 2.75) is 19.3 Å². The van der Waals surface area contributed by atoms with Crippen molar-refractivity contribution in [1.82, 2.24) is 19.7 Å². The minimum absolute atomic E-state index is 0.719. The fraction of sp³-hybridized carbons (Fsp3) is 0.318. The summed E-state index contributed by atoms with van der Waals surface area (Å²) in [5, 5.41) is 6.54. The third-order valence-electron chi connectivity index (χ3n) is 5.39. The van der Waals surface area contributed by atoms with Crippen molar-refractivity contribution in [2.24, 2.45) is 13.0 Å². The number of rotatable bonds is 3. The molecule has 0 spiro atoms. The first-order valence-corrected chi connectivity index (χ1v) is 9.52. The van der Waals surface area contributed by atoms with Gasteiger partial charge in [-0.3, -0.25) is 4.68 Å². The number of ether oxygens (including phenoxy) is 1. The van der Waals surface area contributed by atoms with Gasteiger partial charge in [0.05, 0.1) is 11.2 Å². The highest BCUT2D eigenvalue weighted by molar-refractivity contribution is 5.84. The maximum Gasteiger partial charge on any atom is 0.181 e. The predicted molar refractivity (Wildman–Crippen MR) is 106 cm³/mol. The molecular weight excluding hydrogens is 336 g/mol. The second-order valence-electron chi connectivity index (χ2n) is 7.42. The van der Waals surface area contributed by atoms with Gasteiger partial charge < -0.3 is 4.74 Å². The van der Waals surface area contributed by atoms with E-state index in [1.807, 2.05) is 19.4 Å². The lowest BCUT2D eigenvalue weighted by Crippen LogP contribution is -2.17. The average Bonchev–Trinajstić information content (AvgIpc) is 3.07. The molecule has 0 unspecified atom stereocenters. The maximum atomic E-state index is 5.48. The van der Waals surface area contributed by atoms with E-state index in [4.69, 9.17) is 9.72 Å². The Bertz CT molecular complexity index is 1110. The van der Waals surface area contributed by atoms with Crippen LogP contribution >= 0.6 is 0 Å². The number of nitrogens with zero attached hydrogens (tertiary/aromatic N) is 4. The van der Waals surface area contributed by atoms with E-state index in [1.165, 1.54) is 10.9 Å². The lowest BCUT2D eigenvalue weighted by molar-refractivity contribution is 0.0665. The van der Waals surface area contributed by atoms with Crippen LogP contribution in [-0.4, -0.2) is 33.0 Å². The van der Waals surface area contributed by atoms with Crippen molar-refractivity contribution in [2.75, 3.05) is 13.2 Å². The molecule has 0 atom stereocenters. The number of aryl methyl sites for hydroxylation is 1. The summed E-state index contributed by atoms with van der Waals surface area (Å²) in [5.41, 5.74) is 5.14. The highest BCUT2D eigenvalue weighted by atomic mass is 16.5. The Labute approximate surface area is 158 Å². The molecule has 5 heteroatoms. The van der Waals surface area contributed by atoms with Crippen LogP contribution in [0.1, 0.15) is 18.4 Å². The third-order valence-corrected chi connectivity index (χ3v) is 5.39. The zero-order valence-electron chi connectivity index (χ0n) is 15.4. The molecule has 3 aromatic heterocycles. The Kier molecular flexibility index (Phi) is 4.09.